The highest BCUT2D eigenvalue weighted by molar-refractivity contribution is 5.61. The van der Waals surface area contributed by atoms with Crippen molar-refractivity contribution in [1.82, 2.24) is 15.2 Å². The van der Waals surface area contributed by atoms with Crippen LogP contribution < -0.4 is 0 Å². The third kappa shape index (κ3) is 2.69. The van der Waals surface area contributed by atoms with E-state index in [-0.39, 0.29) is 5.75 Å². The van der Waals surface area contributed by atoms with E-state index in [4.69, 9.17) is 5.26 Å². The highest BCUT2D eigenvalue weighted by Crippen LogP contribution is 2.20. The number of aromatic nitrogens is 3. The summed E-state index contributed by atoms with van der Waals surface area (Å²) >= 11 is 0. The third-order valence-electron chi connectivity index (χ3n) is 3.00. The van der Waals surface area contributed by atoms with Crippen LogP contribution in [0.4, 0.5) is 0 Å². The number of nitriles is 1. The van der Waals surface area contributed by atoms with Crippen molar-refractivity contribution in [3.05, 3.63) is 60.3 Å². The number of phenols is 1. The molecule has 0 aliphatic rings. The molecule has 0 spiro atoms. The minimum Gasteiger partial charge on any atom is -0.508 e. The summed E-state index contributed by atoms with van der Waals surface area (Å²) in [5.41, 5.74) is 2.88. The fourth-order valence-corrected chi connectivity index (χ4v) is 1.87. The maximum Gasteiger partial charge on any atom is 0.181 e. The molecule has 0 bridgehead atoms. The van der Waals surface area contributed by atoms with Crippen LogP contribution in [-0.2, 0) is 0 Å². The monoisotopic (exact) mass is 274 g/mol. The Bertz CT molecular complexity index is 788. The van der Waals surface area contributed by atoms with Crippen molar-refractivity contribution in [2.75, 3.05) is 0 Å². The van der Waals surface area contributed by atoms with Crippen molar-refractivity contribution in [2.24, 2.45) is 0 Å². The van der Waals surface area contributed by atoms with Crippen LogP contribution in [0.1, 0.15) is 5.56 Å². The van der Waals surface area contributed by atoms with Crippen LogP contribution in [0.25, 0.3) is 22.6 Å². The lowest BCUT2D eigenvalue weighted by Crippen LogP contribution is -1.94. The summed E-state index contributed by atoms with van der Waals surface area (Å²) in [4.78, 5) is 4.28. The van der Waals surface area contributed by atoms with Gasteiger partial charge in [-0.3, -0.25) is 0 Å². The smallest absolute Gasteiger partial charge is 0.181 e. The largest absolute Gasteiger partial charge is 0.508 e. The number of benzene rings is 2. The number of rotatable bonds is 2. The minimum atomic E-state index is 0.195. The Balaban J connectivity index is 1.89. The van der Waals surface area contributed by atoms with Gasteiger partial charge < -0.3 is 5.11 Å². The molecule has 5 nitrogen and oxygen atoms in total. The molecular weight excluding hydrogens is 264 g/mol. The second kappa shape index (κ2) is 5.39. The number of phenolic OH excluding ortho intramolecular Hbond substituents is 1. The van der Waals surface area contributed by atoms with Gasteiger partial charge in [0.2, 0.25) is 0 Å². The fourth-order valence-electron chi connectivity index (χ4n) is 1.87. The second-order valence-corrected chi connectivity index (χ2v) is 4.40. The normalized spacial score (nSPS) is 10.0. The number of nitrogens with zero attached hydrogens (tertiary/aromatic N) is 4. The highest BCUT2D eigenvalue weighted by atomic mass is 16.3. The zero-order chi connectivity index (χ0) is 14.7. The molecule has 0 atom stereocenters. The molecule has 21 heavy (non-hydrogen) atoms. The van der Waals surface area contributed by atoms with Gasteiger partial charge in [0.05, 0.1) is 17.8 Å². The van der Waals surface area contributed by atoms with Crippen LogP contribution in [0.2, 0.25) is 0 Å². The van der Waals surface area contributed by atoms with Crippen LogP contribution in [0, 0.1) is 11.3 Å². The van der Waals surface area contributed by atoms with E-state index in [1.165, 1.54) is 0 Å². The Kier molecular flexibility index (Phi) is 3.27. The number of aromatic hydroxyl groups is 1. The van der Waals surface area contributed by atoms with Crippen molar-refractivity contribution in [3.63, 3.8) is 0 Å². The first-order valence-electron chi connectivity index (χ1n) is 6.26. The molecule has 1 N–H and O–H groups in total. The molecule has 0 saturated heterocycles. The van der Waals surface area contributed by atoms with Gasteiger partial charge in [-0.1, -0.05) is 12.1 Å². The van der Waals surface area contributed by atoms with Crippen LogP contribution >= 0.6 is 0 Å². The Hall–Kier alpha value is -3.26. The first-order valence-corrected chi connectivity index (χ1v) is 6.26. The predicted octanol–water partition coefficient (Wildman–Crippen LogP) is 2.78. The van der Waals surface area contributed by atoms with Gasteiger partial charge in [0.25, 0.3) is 0 Å². The molecule has 0 amide bonds. The first-order chi connectivity index (χ1) is 10.3. The van der Waals surface area contributed by atoms with Crippen molar-refractivity contribution >= 4 is 0 Å². The molecule has 3 rings (SSSR count). The summed E-state index contributed by atoms with van der Waals surface area (Å²) in [5, 5.41) is 26.3. The molecule has 0 aliphatic carbocycles. The van der Waals surface area contributed by atoms with E-state index in [1.54, 1.807) is 42.6 Å². The SMILES string of the molecule is N#Cc1ccc(-c2cnc(-c3ccc(O)cc3)nn2)cc1. The summed E-state index contributed by atoms with van der Waals surface area (Å²) in [6.45, 7) is 0. The molecule has 100 valence electrons. The quantitative estimate of drug-likeness (QED) is 0.776. The van der Waals surface area contributed by atoms with Gasteiger partial charge in [-0.25, -0.2) is 4.98 Å². The van der Waals surface area contributed by atoms with Gasteiger partial charge in [0, 0.05) is 11.1 Å². The van der Waals surface area contributed by atoms with E-state index in [1.807, 2.05) is 12.1 Å². The predicted molar refractivity (Wildman–Crippen MR) is 77.1 cm³/mol. The Labute approximate surface area is 121 Å². The summed E-state index contributed by atoms with van der Waals surface area (Å²) in [6, 6.07) is 15.8. The van der Waals surface area contributed by atoms with Crippen molar-refractivity contribution in [2.45, 2.75) is 0 Å². The average molecular weight is 274 g/mol. The molecule has 0 unspecified atom stereocenters. The van der Waals surface area contributed by atoms with E-state index < -0.39 is 0 Å². The van der Waals surface area contributed by atoms with Gasteiger partial charge in [-0.05, 0) is 36.4 Å². The zero-order valence-corrected chi connectivity index (χ0v) is 10.9. The van der Waals surface area contributed by atoms with E-state index in [0.717, 1.165) is 11.1 Å². The highest BCUT2D eigenvalue weighted by Gasteiger charge is 2.05. The van der Waals surface area contributed by atoms with E-state index >= 15 is 0 Å². The third-order valence-corrected chi connectivity index (χ3v) is 3.00. The Morgan fingerprint density at radius 1 is 0.857 bits per heavy atom. The van der Waals surface area contributed by atoms with Crippen LogP contribution in [-0.4, -0.2) is 20.3 Å². The topological polar surface area (TPSA) is 82.7 Å². The Morgan fingerprint density at radius 2 is 1.52 bits per heavy atom. The van der Waals surface area contributed by atoms with Crippen molar-refractivity contribution in [1.29, 1.82) is 5.26 Å². The Morgan fingerprint density at radius 3 is 2.10 bits per heavy atom. The van der Waals surface area contributed by atoms with Crippen LogP contribution in [0.3, 0.4) is 0 Å². The minimum absolute atomic E-state index is 0.195. The summed E-state index contributed by atoms with van der Waals surface area (Å²) in [7, 11) is 0. The van der Waals surface area contributed by atoms with Gasteiger partial charge in [0.15, 0.2) is 5.82 Å². The van der Waals surface area contributed by atoms with E-state index in [9.17, 15) is 5.11 Å². The van der Waals surface area contributed by atoms with Crippen molar-refractivity contribution < 1.29 is 5.11 Å². The van der Waals surface area contributed by atoms with Gasteiger partial charge in [-0.2, -0.15) is 5.26 Å². The zero-order valence-electron chi connectivity index (χ0n) is 10.9. The standard InChI is InChI=1S/C16H10N4O/c17-9-11-1-3-12(4-2-11)15-10-18-16(20-19-15)13-5-7-14(21)8-6-13/h1-8,10,21H. The number of hydrogen-bond acceptors (Lipinski definition) is 5. The molecule has 2 aromatic carbocycles. The molecule has 1 heterocycles. The fraction of sp³-hybridized carbons (Fsp3) is 0. The van der Waals surface area contributed by atoms with Gasteiger partial charge in [0.1, 0.15) is 11.4 Å². The van der Waals surface area contributed by atoms with Gasteiger partial charge in [-0.15, -0.1) is 10.2 Å². The number of hydrogen-bond donors (Lipinski definition) is 1. The van der Waals surface area contributed by atoms with E-state index in [0.29, 0.717) is 17.1 Å². The molecule has 0 fully saturated rings. The molecule has 0 radical (unpaired) electrons. The van der Waals surface area contributed by atoms with Crippen molar-refractivity contribution in [3.8, 4) is 34.5 Å². The van der Waals surface area contributed by atoms with Crippen LogP contribution in [0.5, 0.6) is 5.75 Å². The maximum absolute atomic E-state index is 9.26. The summed E-state index contributed by atoms with van der Waals surface area (Å²) in [5.74, 6) is 0.688. The molecule has 3 aromatic rings. The molecule has 1 aromatic heterocycles. The lowest BCUT2D eigenvalue weighted by atomic mass is 10.1. The molecule has 5 heteroatoms. The maximum atomic E-state index is 9.26. The molecule has 0 saturated carbocycles. The van der Waals surface area contributed by atoms with Gasteiger partial charge >= 0.3 is 0 Å². The summed E-state index contributed by atoms with van der Waals surface area (Å²) < 4.78 is 0. The average Bonchev–Trinajstić information content (AvgIpc) is 2.56. The second-order valence-electron chi connectivity index (χ2n) is 4.40. The van der Waals surface area contributed by atoms with E-state index in [2.05, 4.69) is 21.3 Å². The molecular formula is C16H10N4O. The lowest BCUT2D eigenvalue weighted by molar-refractivity contribution is 0.475. The molecule has 0 aliphatic heterocycles. The first kappa shape index (κ1) is 12.8. The van der Waals surface area contributed by atoms with Crippen LogP contribution in [0.15, 0.2) is 54.7 Å². The summed E-state index contributed by atoms with van der Waals surface area (Å²) in [6.07, 6.45) is 1.64. The lowest BCUT2D eigenvalue weighted by Gasteiger charge is -2.02.